The molecule has 0 aromatic heterocycles. The maximum Gasteiger partial charge on any atom is 0.244 e. The molecular weight excluding hydrogens is 391 g/mol. The molecule has 0 saturated heterocycles. The lowest BCUT2D eigenvalue weighted by atomic mass is 9.96. The van der Waals surface area contributed by atoms with Crippen LogP contribution < -0.4 is 9.62 Å². The van der Waals surface area contributed by atoms with Crippen LogP contribution in [0.1, 0.15) is 48.6 Å². The number of sulfonamides is 1. The van der Waals surface area contributed by atoms with Crippen LogP contribution in [-0.2, 0) is 14.8 Å². The first-order valence-electron chi connectivity index (χ1n) is 9.59. The third-order valence-corrected chi connectivity index (χ3v) is 6.29. The zero-order chi connectivity index (χ0) is 21.9. The number of nitrogens with one attached hydrogen (secondary N) is 1. The Morgan fingerprint density at radius 2 is 1.69 bits per heavy atom. The third kappa shape index (κ3) is 5.15. The SMILES string of the molecule is CC[C@H](C(=O)N[C@@H](C)c1cc(C)c(C)cc1C)N(c1ccccc1F)S(C)(=O)=O. The van der Waals surface area contributed by atoms with E-state index >= 15 is 0 Å². The van der Waals surface area contributed by atoms with Crippen LogP contribution in [0, 0.1) is 26.6 Å². The first-order valence-corrected chi connectivity index (χ1v) is 11.4. The first kappa shape index (κ1) is 22.9. The smallest absolute Gasteiger partial charge is 0.244 e. The van der Waals surface area contributed by atoms with Gasteiger partial charge in [-0.2, -0.15) is 0 Å². The van der Waals surface area contributed by atoms with Crippen LogP contribution in [0.3, 0.4) is 0 Å². The lowest BCUT2D eigenvalue weighted by molar-refractivity contribution is -0.122. The van der Waals surface area contributed by atoms with Gasteiger partial charge in [0.05, 0.1) is 18.0 Å². The number of benzene rings is 2. The fraction of sp³-hybridized carbons (Fsp3) is 0.409. The Kier molecular flexibility index (Phi) is 7.06. The zero-order valence-electron chi connectivity index (χ0n) is 17.8. The van der Waals surface area contributed by atoms with Gasteiger partial charge in [-0.05, 0) is 68.5 Å². The molecule has 2 rings (SSSR count). The first-order chi connectivity index (χ1) is 13.5. The third-order valence-electron chi connectivity index (χ3n) is 5.13. The minimum absolute atomic E-state index is 0.132. The molecule has 0 aliphatic rings. The van der Waals surface area contributed by atoms with Crippen molar-refractivity contribution in [1.82, 2.24) is 5.32 Å². The van der Waals surface area contributed by atoms with E-state index in [1.165, 1.54) is 23.8 Å². The van der Waals surface area contributed by atoms with Crippen molar-refractivity contribution in [1.29, 1.82) is 0 Å². The highest BCUT2D eigenvalue weighted by atomic mass is 32.2. The van der Waals surface area contributed by atoms with Crippen molar-refractivity contribution in [3.8, 4) is 0 Å². The monoisotopic (exact) mass is 420 g/mol. The van der Waals surface area contributed by atoms with E-state index in [1.807, 2.05) is 33.8 Å². The molecule has 0 bridgehead atoms. The molecule has 2 aromatic carbocycles. The second-order valence-corrected chi connectivity index (χ2v) is 9.32. The number of para-hydroxylation sites is 1. The van der Waals surface area contributed by atoms with Crippen LogP contribution in [0.4, 0.5) is 10.1 Å². The van der Waals surface area contributed by atoms with Crippen LogP contribution in [0.25, 0.3) is 0 Å². The molecule has 0 unspecified atom stereocenters. The van der Waals surface area contributed by atoms with Crippen molar-refractivity contribution in [2.45, 2.75) is 53.1 Å². The predicted molar refractivity (Wildman–Crippen MR) is 115 cm³/mol. The molecule has 5 nitrogen and oxygen atoms in total. The number of rotatable bonds is 7. The number of carbonyl (C=O) groups is 1. The lowest BCUT2D eigenvalue weighted by Crippen LogP contribution is -2.50. The summed E-state index contributed by atoms with van der Waals surface area (Å²) in [4.78, 5) is 13.1. The summed E-state index contributed by atoms with van der Waals surface area (Å²) in [6, 6.07) is 8.28. The summed E-state index contributed by atoms with van der Waals surface area (Å²) in [6.07, 6.45) is 1.18. The number of halogens is 1. The molecule has 0 heterocycles. The fourth-order valence-corrected chi connectivity index (χ4v) is 4.71. The van der Waals surface area contributed by atoms with Crippen LogP contribution in [0.2, 0.25) is 0 Å². The molecule has 0 aliphatic heterocycles. The van der Waals surface area contributed by atoms with Crippen LogP contribution in [0.5, 0.6) is 0 Å². The van der Waals surface area contributed by atoms with Crippen LogP contribution >= 0.6 is 0 Å². The second-order valence-electron chi connectivity index (χ2n) is 7.46. The minimum Gasteiger partial charge on any atom is -0.348 e. The van der Waals surface area contributed by atoms with Gasteiger partial charge in [0.25, 0.3) is 0 Å². The molecule has 2 aromatic rings. The highest BCUT2D eigenvalue weighted by Crippen LogP contribution is 2.27. The standard InChI is InChI=1S/C22H29FN2O3S/c1-7-20(25(29(6,27)28)21-11-9-8-10-19(21)23)22(26)24-17(5)18-13-15(3)14(2)12-16(18)4/h8-13,17,20H,7H2,1-6H3,(H,24,26)/t17-,20+/m0/s1. The van der Waals surface area contributed by atoms with Gasteiger partial charge < -0.3 is 5.32 Å². The number of nitrogens with zero attached hydrogens (tertiary/aromatic N) is 1. The van der Waals surface area contributed by atoms with E-state index in [0.29, 0.717) is 0 Å². The molecule has 0 fully saturated rings. The summed E-state index contributed by atoms with van der Waals surface area (Å²) in [5.41, 5.74) is 4.16. The maximum absolute atomic E-state index is 14.4. The molecule has 0 radical (unpaired) electrons. The van der Waals surface area contributed by atoms with Gasteiger partial charge in [-0.25, -0.2) is 12.8 Å². The highest BCUT2D eigenvalue weighted by molar-refractivity contribution is 7.92. The van der Waals surface area contributed by atoms with Crippen molar-refractivity contribution in [2.75, 3.05) is 10.6 Å². The predicted octanol–water partition coefficient (Wildman–Crippen LogP) is 4.17. The molecule has 158 valence electrons. The van der Waals surface area contributed by atoms with Crippen molar-refractivity contribution < 1.29 is 17.6 Å². The fourth-order valence-electron chi connectivity index (χ4n) is 3.50. The van der Waals surface area contributed by atoms with E-state index in [9.17, 15) is 17.6 Å². The van der Waals surface area contributed by atoms with Gasteiger partial charge in [-0.3, -0.25) is 9.10 Å². The molecule has 0 spiro atoms. The number of hydrogen-bond donors (Lipinski definition) is 1. The topological polar surface area (TPSA) is 66.5 Å². The summed E-state index contributed by atoms with van der Waals surface area (Å²) in [5.74, 6) is -1.16. The molecule has 0 aliphatic carbocycles. The van der Waals surface area contributed by atoms with Crippen LogP contribution in [0.15, 0.2) is 36.4 Å². The van der Waals surface area contributed by atoms with Gasteiger partial charge in [-0.15, -0.1) is 0 Å². The van der Waals surface area contributed by atoms with Crippen molar-refractivity contribution in [3.05, 3.63) is 64.5 Å². The van der Waals surface area contributed by atoms with Gasteiger partial charge in [0.1, 0.15) is 11.9 Å². The Morgan fingerprint density at radius 1 is 1.10 bits per heavy atom. The molecule has 1 N–H and O–H groups in total. The Labute approximate surface area is 173 Å². The summed E-state index contributed by atoms with van der Waals surface area (Å²) in [5, 5.41) is 2.91. The van der Waals surface area contributed by atoms with E-state index < -0.39 is 27.8 Å². The molecule has 7 heteroatoms. The van der Waals surface area contributed by atoms with Gasteiger partial charge >= 0.3 is 0 Å². The summed E-state index contributed by atoms with van der Waals surface area (Å²) in [6.45, 7) is 9.57. The zero-order valence-corrected chi connectivity index (χ0v) is 18.6. The number of hydrogen-bond acceptors (Lipinski definition) is 3. The molecule has 1 amide bonds. The Hall–Kier alpha value is -2.41. The van der Waals surface area contributed by atoms with E-state index in [1.54, 1.807) is 13.0 Å². The highest BCUT2D eigenvalue weighted by Gasteiger charge is 2.33. The number of aryl methyl sites for hydroxylation is 3. The quantitative estimate of drug-likeness (QED) is 0.731. The summed E-state index contributed by atoms with van der Waals surface area (Å²) >= 11 is 0. The van der Waals surface area contributed by atoms with Gasteiger partial charge in [-0.1, -0.05) is 31.2 Å². The number of amides is 1. The van der Waals surface area contributed by atoms with Crippen molar-refractivity contribution in [3.63, 3.8) is 0 Å². The second kappa shape index (κ2) is 8.95. The molecular formula is C22H29FN2O3S. The van der Waals surface area contributed by atoms with Gasteiger partial charge in [0.2, 0.25) is 15.9 Å². The van der Waals surface area contributed by atoms with Crippen molar-refractivity contribution >= 4 is 21.6 Å². The van der Waals surface area contributed by atoms with Gasteiger partial charge in [0, 0.05) is 0 Å². The average Bonchev–Trinajstić information content (AvgIpc) is 2.62. The lowest BCUT2D eigenvalue weighted by Gasteiger charge is -2.31. The van der Waals surface area contributed by atoms with E-state index in [4.69, 9.17) is 0 Å². The molecule has 29 heavy (non-hydrogen) atoms. The molecule has 0 saturated carbocycles. The Bertz CT molecular complexity index is 1010. The maximum atomic E-state index is 14.4. The minimum atomic E-state index is -3.89. The summed E-state index contributed by atoms with van der Waals surface area (Å²) in [7, 11) is -3.89. The number of anilines is 1. The van der Waals surface area contributed by atoms with E-state index in [2.05, 4.69) is 11.4 Å². The average molecular weight is 421 g/mol. The normalized spacial score (nSPS) is 13.6. The van der Waals surface area contributed by atoms with E-state index in [0.717, 1.165) is 27.3 Å². The number of carbonyl (C=O) groups excluding carboxylic acids is 1. The largest absolute Gasteiger partial charge is 0.348 e. The van der Waals surface area contributed by atoms with E-state index in [-0.39, 0.29) is 18.2 Å². The Balaban J connectivity index is 2.38. The van der Waals surface area contributed by atoms with Crippen LogP contribution in [-0.4, -0.2) is 26.6 Å². The van der Waals surface area contributed by atoms with Crippen molar-refractivity contribution in [2.24, 2.45) is 0 Å². The van der Waals surface area contributed by atoms with Gasteiger partial charge in [0.15, 0.2) is 0 Å². The molecule has 2 atom stereocenters. The Morgan fingerprint density at radius 3 is 2.24 bits per heavy atom. The summed E-state index contributed by atoms with van der Waals surface area (Å²) < 4.78 is 40.1.